The highest BCUT2D eigenvalue weighted by Crippen LogP contribution is 2.29. The summed E-state index contributed by atoms with van der Waals surface area (Å²) in [5.41, 5.74) is 2.62. The summed E-state index contributed by atoms with van der Waals surface area (Å²) in [6.45, 7) is 2.15. The van der Waals surface area contributed by atoms with E-state index in [1.54, 1.807) is 25.5 Å². The summed E-state index contributed by atoms with van der Waals surface area (Å²) in [4.78, 5) is 44.1. The number of benzene rings is 1. The van der Waals surface area contributed by atoms with Crippen molar-refractivity contribution < 1.29 is 9.59 Å². The molecule has 0 spiro atoms. The van der Waals surface area contributed by atoms with Gasteiger partial charge in [0, 0.05) is 44.8 Å². The van der Waals surface area contributed by atoms with E-state index in [9.17, 15) is 9.59 Å². The van der Waals surface area contributed by atoms with Crippen molar-refractivity contribution in [1.29, 1.82) is 0 Å². The lowest BCUT2D eigenvalue weighted by Crippen LogP contribution is -2.64. The number of urea groups is 1. The van der Waals surface area contributed by atoms with Crippen LogP contribution in [0.1, 0.15) is 11.1 Å². The molecule has 9 nitrogen and oxygen atoms in total. The summed E-state index contributed by atoms with van der Waals surface area (Å²) < 4.78 is 0. The van der Waals surface area contributed by atoms with E-state index in [2.05, 4.69) is 38.4 Å². The Balaban J connectivity index is 1.39. The van der Waals surface area contributed by atoms with Crippen molar-refractivity contribution in [1.82, 2.24) is 30.0 Å². The first-order chi connectivity index (χ1) is 15.1. The quantitative estimate of drug-likeness (QED) is 0.567. The van der Waals surface area contributed by atoms with Crippen molar-refractivity contribution in [2.24, 2.45) is 4.99 Å². The van der Waals surface area contributed by atoms with Crippen LogP contribution in [0.3, 0.4) is 0 Å². The number of nitrogens with one attached hydrogen (secondary N) is 1. The van der Waals surface area contributed by atoms with E-state index in [0.717, 1.165) is 25.5 Å². The van der Waals surface area contributed by atoms with Crippen molar-refractivity contribution in [2.45, 2.75) is 30.3 Å². The summed E-state index contributed by atoms with van der Waals surface area (Å²) in [6.07, 6.45) is 3.83. The SMILES string of the molecule is CN1C(=O)NC(=O)C2C1N=C(N1CCc3ccccc3C1)N2CCSc1ncccn1. The maximum absolute atomic E-state index is 12.8. The molecule has 5 rings (SSSR count). The zero-order valence-corrected chi connectivity index (χ0v) is 18.0. The van der Waals surface area contributed by atoms with E-state index in [0.29, 0.717) is 17.5 Å². The second-order valence-corrected chi connectivity index (χ2v) is 8.77. The molecule has 1 aromatic heterocycles. The number of carbonyl (C=O) groups excluding carboxylic acids is 2. The number of likely N-dealkylation sites (N-methyl/N-ethyl adjacent to an activating group) is 1. The van der Waals surface area contributed by atoms with Gasteiger partial charge in [-0.3, -0.25) is 10.1 Å². The number of fused-ring (bicyclic) bond motifs is 2. The lowest BCUT2D eigenvalue weighted by Gasteiger charge is -2.38. The van der Waals surface area contributed by atoms with Gasteiger partial charge in [-0.25, -0.2) is 19.8 Å². The third-order valence-electron chi connectivity index (χ3n) is 5.86. The Labute approximate surface area is 184 Å². The van der Waals surface area contributed by atoms with Crippen LogP contribution in [0.2, 0.25) is 0 Å². The van der Waals surface area contributed by atoms with Crippen molar-refractivity contribution in [2.75, 3.05) is 25.9 Å². The van der Waals surface area contributed by atoms with Crippen LogP contribution in [-0.2, 0) is 17.8 Å². The van der Waals surface area contributed by atoms with Crippen molar-refractivity contribution in [3.05, 3.63) is 53.9 Å². The largest absolute Gasteiger partial charge is 0.338 e. The van der Waals surface area contributed by atoms with E-state index >= 15 is 0 Å². The molecular weight excluding hydrogens is 414 g/mol. The molecule has 1 fully saturated rings. The highest BCUT2D eigenvalue weighted by Gasteiger charge is 2.49. The van der Waals surface area contributed by atoms with Crippen LogP contribution in [0.5, 0.6) is 0 Å². The highest BCUT2D eigenvalue weighted by molar-refractivity contribution is 7.99. The average molecular weight is 438 g/mol. The number of hydrogen-bond donors (Lipinski definition) is 1. The number of imide groups is 1. The van der Waals surface area contributed by atoms with Gasteiger partial charge in [-0.15, -0.1) is 0 Å². The first-order valence-electron chi connectivity index (χ1n) is 10.3. The average Bonchev–Trinajstić information content (AvgIpc) is 3.18. The fraction of sp³-hybridized carbons (Fsp3) is 0.381. The van der Waals surface area contributed by atoms with Crippen LogP contribution in [0.25, 0.3) is 0 Å². The molecule has 0 radical (unpaired) electrons. The third-order valence-corrected chi connectivity index (χ3v) is 6.71. The molecular formula is C21H23N7O2S. The lowest BCUT2D eigenvalue weighted by molar-refractivity contribution is -0.127. The number of carbonyl (C=O) groups is 2. The first kappa shape index (κ1) is 19.8. The fourth-order valence-electron chi connectivity index (χ4n) is 4.28. The minimum atomic E-state index is -0.535. The predicted molar refractivity (Wildman–Crippen MR) is 116 cm³/mol. The maximum atomic E-state index is 12.8. The molecule has 2 atom stereocenters. The minimum absolute atomic E-state index is 0.301. The van der Waals surface area contributed by atoms with E-state index in [1.807, 2.05) is 11.0 Å². The number of nitrogens with zero attached hydrogens (tertiary/aromatic N) is 6. The van der Waals surface area contributed by atoms with Gasteiger partial charge in [0.1, 0.15) is 0 Å². The molecule has 2 aromatic rings. The van der Waals surface area contributed by atoms with Crippen LogP contribution in [0, 0.1) is 0 Å². The van der Waals surface area contributed by atoms with E-state index in [1.165, 1.54) is 27.8 Å². The Kier molecular flexibility index (Phi) is 5.23. The smallest absolute Gasteiger partial charge is 0.325 e. The molecule has 31 heavy (non-hydrogen) atoms. The summed E-state index contributed by atoms with van der Waals surface area (Å²) >= 11 is 1.54. The first-order valence-corrected chi connectivity index (χ1v) is 11.2. The zero-order chi connectivity index (χ0) is 21.4. The second kappa shape index (κ2) is 8.18. The van der Waals surface area contributed by atoms with Crippen molar-refractivity contribution >= 4 is 29.7 Å². The van der Waals surface area contributed by atoms with Gasteiger partial charge in [0.05, 0.1) is 0 Å². The van der Waals surface area contributed by atoms with Gasteiger partial charge in [0.15, 0.2) is 23.3 Å². The molecule has 0 saturated carbocycles. The summed E-state index contributed by atoms with van der Waals surface area (Å²) in [5, 5.41) is 3.16. The number of thioether (sulfide) groups is 1. The molecule has 1 N–H and O–H groups in total. The summed E-state index contributed by atoms with van der Waals surface area (Å²) in [7, 11) is 1.68. The molecule has 1 saturated heterocycles. The number of hydrogen-bond acceptors (Lipinski definition) is 8. The van der Waals surface area contributed by atoms with Crippen LogP contribution in [0.4, 0.5) is 4.79 Å². The van der Waals surface area contributed by atoms with Gasteiger partial charge < -0.3 is 14.7 Å². The van der Waals surface area contributed by atoms with Gasteiger partial charge in [-0.05, 0) is 23.6 Å². The Morgan fingerprint density at radius 1 is 1.13 bits per heavy atom. The van der Waals surface area contributed by atoms with E-state index < -0.39 is 18.2 Å². The molecule has 0 bridgehead atoms. The van der Waals surface area contributed by atoms with Gasteiger partial charge in [-0.2, -0.15) is 0 Å². The predicted octanol–water partition coefficient (Wildman–Crippen LogP) is 1.17. The third kappa shape index (κ3) is 3.71. The Bertz CT molecular complexity index is 1030. The second-order valence-electron chi connectivity index (χ2n) is 7.71. The Morgan fingerprint density at radius 2 is 1.90 bits per heavy atom. The normalized spacial score (nSPS) is 22.7. The van der Waals surface area contributed by atoms with Crippen LogP contribution in [-0.4, -0.2) is 80.7 Å². The number of aromatic nitrogens is 2. The monoisotopic (exact) mass is 437 g/mol. The molecule has 3 aliphatic heterocycles. The van der Waals surface area contributed by atoms with Gasteiger partial charge >= 0.3 is 6.03 Å². The summed E-state index contributed by atoms with van der Waals surface area (Å²) in [5.74, 6) is 1.17. The lowest BCUT2D eigenvalue weighted by atomic mass is 10.0. The molecule has 3 aliphatic rings. The topological polar surface area (TPSA) is 94.0 Å². The molecule has 0 aliphatic carbocycles. The zero-order valence-electron chi connectivity index (χ0n) is 17.1. The number of guanidine groups is 1. The van der Waals surface area contributed by atoms with Crippen LogP contribution in [0.15, 0.2) is 52.9 Å². The van der Waals surface area contributed by atoms with Crippen LogP contribution >= 0.6 is 11.8 Å². The Hall–Kier alpha value is -3.14. The molecule has 3 amide bonds. The maximum Gasteiger partial charge on any atom is 0.325 e. The minimum Gasteiger partial charge on any atom is -0.338 e. The number of rotatable bonds is 4. The molecule has 4 heterocycles. The highest BCUT2D eigenvalue weighted by atomic mass is 32.2. The van der Waals surface area contributed by atoms with Crippen LogP contribution < -0.4 is 5.32 Å². The van der Waals surface area contributed by atoms with Gasteiger partial charge in [0.25, 0.3) is 5.91 Å². The van der Waals surface area contributed by atoms with E-state index in [4.69, 9.17) is 4.99 Å². The molecule has 2 unspecified atom stereocenters. The summed E-state index contributed by atoms with van der Waals surface area (Å²) in [6, 6.07) is 9.26. The van der Waals surface area contributed by atoms with Gasteiger partial charge in [-0.1, -0.05) is 36.0 Å². The fourth-order valence-corrected chi connectivity index (χ4v) is 5.02. The molecule has 160 valence electrons. The standard InChI is InChI=1S/C21H23N7O2S/c1-26-17-16(18(29)25-21(26)30)28(11-12-31-19-22-8-4-9-23-19)20(24-17)27-10-7-14-5-2-3-6-15(14)13-27/h2-6,8-9,16-17H,7,10-13H2,1H3,(H,25,29,30). The Morgan fingerprint density at radius 3 is 2.71 bits per heavy atom. The van der Waals surface area contributed by atoms with E-state index in [-0.39, 0.29) is 5.91 Å². The number of amides is 3. The van der Waals surface area contributed by atoms with Crippen molar-refractivity contribution in [3.8, 4) is 0 Å². The van der Waals surface area contributed by atoms with Gasteiger partial charge in [0.2, 0.25) is 0 Å². The molecule has 1 aromatic carbocycles. The van der Waals surface area contributed by atoms with Crippen molar-refractivity contribution in [3.63, 3.8) is 0 Å². The number of aliphatic imine (C=N–C) groups is 1. The molecule has 10 heteroatoms.